The molecule has 0 bridgehead atoms. The van der Waals surface area contributed by atoms with E-state index in [1.807, 2.05) is 0 Å². The van der Waals surface area contributed by atoms with Crippen LogP contribution in [0.4, 0.5) is 0 Å². The molecule has 1 heterocycles. The van der Waals surface area contributed by atoms with Crippen LogP contribution in [0.15, 0.2) is 18.2 Å². The normalized spacial score (nSPS) is 15.4. The van der Waals surface area contributed by atoms with Gasteiger partial charge in [-0.15, -0.1) is 0 Å². The fourth-order valence-corrected chi connectivity index (χ4v) is 3.35. The Labute approximate surface area is 157 Å². The highest BCUT2D eigenvalue weighted by Gasteiger charge is 2.27. The van der Waals surface area contributed by atoms with Crippen LogP contribution in [0.1, 0.15) is 25.7 Å². The molecule has 1 saturated heterocycles. The molecule has 0 aliphatic carbocycles. The van der Waals surface area contributed by atoms with Gasteiger partial charge >= 0.3 is 0 Å². The van der Waals surface area contributed by atoms with Gasteiger partial charge in [0.25, 0.3) is 5.91 Å². The van der Waals surface area contributed by atoms with Crippen LogP contribution in [0.2, 0.25) is 10.0 Å². The van der Waals surface area contributed by atoms with Crippen molar-refractivity contribution in [2.75, 3.05) is 25.4 Å². The van der Waals surface area contributed by atoms with Crippen molar-refractivity contribution in [3.05, 3.63) is 28.2 Å². The summed E-state index contributed by atoms with van der Waals surface area (Å²) in [7, 11) is 0. The highest BCUT2D eigenvalue weighted by molar-refractivity contribution is 7.80. The average molecular weight is 390 g/mol. The number of rotatable bonds is 7. The maximum absolute atomic E-state index is 12.2. The number of ether oxygens (including phenoxy) is 1. The van der Waals surface area contributed by atoms with E-state index >= 15 is 0 Å². The zero-order chi connectivity index (χ0) is 17.5. The van der Waals surface area contributed by atoms with Gasteiger partial charge in [-0.25, -0.2) is 0 Å². The van der Waals surface area contributed by atoms with Gasteiger partial charge in [-0.3, -0.25) is 9.59 Å². The summed E-state index contributed by atoms with van der Waals surface area (Å²) in [6.07, 6.45) is 2.84. The highest BCUT2D eigenvalue weighted by atomic mass is 35.5. The molecule has 7 heteroatoms. The Morgan fingerprint density at radius 1 is 1.25 bits per heavy atom. The summed E-state index contributed by atoms with van der Waals surface area (Å²) >= 11 is 16.0. The van der Waals surface area contributed by atoms with Crippen LogP contribution in [-0.2, 0) is 9.59 Å². The third kappa shape index (κ3) is 5.57. The monoisotopic (exact) mass is 389 g/mol. The van der Waals surface area contributed by atoms with E-state index in [2.05, 4.69) is 12.6 Å². The first-order chi connectivity index (χ1) is 11.5. The number of benzene rings is 1. The predicted molar refractivity (Wildman–Crippen MR) is 99.4 cm³/mol. The van der Waals surface area contributed by atoms with Crippen molar-refractivity contribution in [1.82, 2.24) is 4.90 Å². The lowest BCUT2D eigenvalue weighted by atomic mass is 9.90. The first-order valence-corrected chi connectivity index (χ1v) is 9.39. The van der Waals surface area contributed by atoms with E-state index in [-0.39, 0.29) is 18.4 Å². The number of hydrogen-bond donors (Lipinski definition) is 1. The van der Waals surface area contributed by atoms with E-state index in [1.54, 1.807) is 23.1 Å². The molecule has 0 saturated carbocycles. The fraction of sp³-hybridized carbons (Fsp3) is 0.529. The molecule has 1 fully saturated rings. The lowest BCUT2D eigenvalue weighted by Crippen LogP contribution is -2.42. The van der Waals surface area contributed by atoms with E-state index in [9.17, 15) is 9.59 Å². The minimum atomic E-state index is -0.0951. The molecule has 2 rings (SSSR count). The second kappa shape index (κ2) is 9.54. The number of thiol groups is 1. The van der Waals surface area contributed by atoms with Gasteiger partial charge in [0.1, 0.15) is 11.5 Å². The van der Waals surface area contributed by atoms with E-state index in [0.717, 1.165) is 25.0 Å². The van der Waals surface area contributed by atoms with Gasteiger partial charge in [0.05, 0.1) is 5.02 Å². The zero-order valence-corrected chi connectivity index (χ0v) is 15.7. The molecule has 0 spiro atoms. The Morgan fingerprint density at radius 2 is 1.96 bits per heavy atom. The molecule has 132 valence electrons. The summed E-state index contributed by atoms with van der Waals surface area (Å²) in [5.41, 5.74) is 0. The van der Waals surface area contributed by atoms with Gasteiger partial charge in [0.2, 0.25) is 0 Å². The van der Waals surface area contributed by atoms with E-state index in [4.69, 9.17) is 27.9 Å². The Bertz CT molecular complexity index is 589. The number of hydrogen-bond acceptors (Lipinski definition) is 4. The summed E-state index contributed by atoms with van der Waals surface area (Å²) < 4.78 is 5.48. The molecule has 1 aromatic rings. The van der Waals surface area contributed by atoms with Gasteiger partial charge < -0.3 is 9.64 Å². The van der Waals surface area contributed by atoms with Crippen molar-refractivity contribution < 1.29 is 14.3 Å². The third-order valence-corrected chi connectivity index (χ3v) is 4.98. The van der Waals surface area contributed by atoms with Crippen LogP contribution >= 0.6 is 35.8 Å². The number of amides is 1. The Hall–Kier alpha value is -0.910. The molecule has 1 amide bonds. The standard InChI is InChI=1S/C17H21Cl2NO3S/c18-13-3-4-16(14(19)10-13)23-11-17(22)20-7-5-12(6-8-20)15(21)2-1-9-24/h3-4,10,12,24H,1-2,5-9,11H2. The molecule has 0 atom stereocenters. The van der Waals surface area contributed by atoms with Gasteiger partial charge in [-0.2, -0.15) is 12.6 Å². The summed E-state index contributed by atoms with van der Waals surface area (Å²) in [5, 5.41) is 0.895. The minimum absolute atomic E-state index is 0.0698. The zero-order valence-electron chi connectivity index (χ0n) is 13.3. The fourth-order valence-electron chi connectivity index (χ4n) is 2.73. The quantitative estimate of drug-likeness (QED) is 0.719. The number of likely N-dealkylation sites (tertiary alicyclic amines) is 1. The average Bonchev–Trinajstić information content (AvgIpc) is 2.58. The van der Waals surface area contributed by atoms with Crippen molar-refractivity contribution in [2.45, 2.75) is 25.7 Å². The lowest BCUT2D eigenvalue weighted by Gasteiger charge is -2.31. The molecular formula is C17H21Cl2NO3S. The number of carbonyl (C=O) groups excluding carboxylic acids is 2. The second-order valence-corrected chi connectivity index (χ2v) is 7.10. The van der Waals surface area contributed by atoms with E-state index in [1.165, 1.54) is 0 Å². The van der Waals surface area contributed by atoms with Crippen LogP contribution in [0.3, 0.4) is 0 Å². The molecule has 1 aliphatic heterocycles. The smallest absolute Gasteiger partial charge is 0.260 e. The van der Waals surface area contributed by atoms with Gasteiger partial charge in [0, 0.05) is 30.5 Å². The summed E-state index contributed by atoms with van der Waals surface area (Å²) in [6, 6.07) is 4.88. The molecule has 4 nitrogen and oxygen atoms in total. The van der Waals surface area contributed by atoms with Crippen LogP contribution in [0.5, 0.6) is 5.75 Å². The highest BCUT2D eigenvalue weighted by Crippen LogP contribution is 2.27. The first kappa shape index (κ1) is 19.4. The number of ketones is 1. The number of carbonyl (C=O) groups is 2. The minimum Gasteiger partial charge on any atom is -0.482 e. The van der Waals surface area contributed by atoms with E-state index < -0.39 is 0 Å². The molecule has 0 N–H and O–H groups in total. The van der Waals surface area contributed by atoms with Gasteiger partial charge in [-0.1, -0.05) is 23.2 Å². The van der Waals surface area contributed by atoms with Crippen LogP contribution < -0.4 is 4.74 Å². The Kier molecular flexibility index (Phi) is 7.72. The lowest BCUT2D eigenvalue weighted by molar-refractivity contribution is -0.136. The van der Waals surface area contributed by atoms with Crippen molar-refractivity contribution in [2.24, 2.45) is 5.92 Å². The maximum atomic E-state index is 12.2. The first-order valence-electron chi connectivity index (χ1n) is 8.00. The van der Waals surface area contributed by atoms with Crippen LogP contribution in [0.25, 0.3) is 0 Å². The Morgan fingerprint density at radius 3 is 2.58 bits per heavy atom. The van der Waals surface area contributed by atoms with Crippen molar-refractivity contribution in [1.29, 1.82) is 0 Å². The number of halogens is 2. The SMILES string of the molecule is O=C(CCCS)C1CCN(C(=O)COc2ccc(Cl)cc2Cl)CC1. The number of nitrogens with zero attached hydrogens (tertiary/aromatic N) is 1. The van der Waals surface area contributed by atoms with Crippen LogP contribution in [0, 0.1) is 5.92 Å². The molecule has 0 aromatic heterocycles. The molecular weight excluding hydrogens is 369 g/mol. The third-order valence-electron chi connectivity index (χ3n) is 4.13. The molecule has 1 aliphatic rings. The molecule has 24 heavy (non-hydrogen) atoms. The van der Waals surface area contributed by atoms with Crippen molar-refractivity contribution in [3.8, 4) is 5.75 Å². The summed E-state index contributed by atoms with van der Waals surface area (Å²) in [4.78, 5) is 26.0. The van der Waals surface area contributed by atoms with E-state index in [0.29, 0.717) is 41.1 Å². The largest absolute Gasteiger partial charge is 0.482 e. The topological polar surface area (TPSA) is 46.6 Å². The maximum Gasteiger partial charge on any atom is 0.260 e. The Balaban J connectivity index is 1.77. The predicted octanol–water partition coefficient (Wildman–Crippen LogP) is 3.89. The van der Waals surface area contributed by atoms with Crippen molar-refractivity contribution in [3.63, 3.8) is 0 Å². The molecule has 0 radical (unpaired) electrons. The number of piperidine rings is 1. The summed E-state index contributed by atoms with van der Waals surface area (Å²) in [5.74, 6) is 1.43. The summed E-state index contributed by atoms with van der Waals surface area (Å²) in [6.45, 7) is 1.11. The molecule has 1 aromatic carbocycles. The van der Waals surface area contributed by atoms with Gasteiger partial charge in [-0.05, 0) is 43.2 Å². The molecule has 0 unspecified atom stereocenters. The second-order valence-electron chi connectivity index (χ2n) is 5.81. The van der Waals surface area contributed by atoms with Crippen LogP contribution in [-0.4, -0.2) is 42.0 Å². The van der Waals surface area contributed by atoms with Gasteiger partial charge in [0.15, 0.2) is 6.61 Å². The number of Topliss-reactive ketones (excluding diaryl/α,β-unsaturated/α-hetero) is 1. The van der Waals surface area contributed by atoms with Crippen molar-refractivity contribution >= 4 is 47.5 Å².